The number of hydrogen-bond acceptors (Lipinski definition) is 5. The number of amides is 3. The molecule has 42 heavy (non-hydrogen) atoms. The van der Waals surface area contributed by atoms with Crippen molar-refractivity contribution in [2.45, 2.75) is 57.0 Å². The Morgan fingerprint density at radius 2 is 1.81 bits per heavy atom. The molecule has 4 aliphatic rings. The van der Waals surface area contributed by atoms with E-state index < -0.39 is 11.5 Å². The number of hydrogen-bond donors (Lipinski definition) is 2. The number of fused-ring (bicyclic) bond motifs is 4. The summed E-state index contributed by atoms with van der Waals surface area (Å²) in [6, 6.07) is 18.3. The lowest BCUT2D eigenvalue weighted by Gasteiger charge is -2.37. The first kappa shape index (κ1) is 26.9. The molecule has 4 aliphatic heterocycles. The molecule has 3 fully saturated rings. The van der Waals surface area contributed by atoms with Gasteiger partial charge in [-0.1, -0.05) is 49.4 Å². The maximum absolute atomic E-state index is 14.5. The number of H-pyrrole nitrogens is 1. The molecule has 3 aromatic rings. The molecule has 0 radical (unpaired) electrons. The van der Waals surface area contributed by atoms with E-state index >= 15 is 0 Å². The lowest BCUT2D eigenvalue weighted by molar-refractivity contribution is -0.138. The molecule has 1 aromatic heterocycles. The highest BCUT2D eigenvalue weighted by molar-refractivity contribution is 6.11. The van der Waals surface area contributed by atoms with E-state index in [1.54, 1.807) is 0 Å². The number of benzene rings is 2. The van der Waals surface area contributed by atoms with E-state index in [1.807, 2.05) is 52.3 Å². The number of anilines is 1. The third kappa shape index (κ3) is 4.16. The van der Waals surface area contributed by atoms with Crippen molar-refractivity contribution in [3.63, 3.8) is 0 Å². The average Bonchev–Trinajstić information content (AvgIpc) is 3.79. The number of nitrogens with one attached hydrogen (secondary N) is 2. The van der Waals surface area contributed by atoms with Crippen molar-refractivity contribution < 1.29 is 14.4 Å². The predicted molar refractivity (Wildman–Crippen MR) is 160 cm³/mol. The Kier molecular flexibility index (Phi) is 6.85. The minimum absolute atomic E-state index is 0.0117. The van der Waals surface area contributed by atoms with Gasteiger partial charge in [0.1, 0.15) is 11.2 Å². The maximum Gasteiger partial charge on any atom is 0.271 e. The molecule has 9 nitrogen and oxygen atoms in total. The number of carbonyl (C=O) groups excluding carboxylic acids is 3. The summed E-state index contributed by atoms with van der Waals surface area (Å²) in [5.74, 6) is -0.590. The van der Waals surface area contributed by atoms with Gasteiger partial charge in [-0.3, -0.25) is 24.4 Å². The number of para-hydroxylation sites is 1. The van der Waals surface area contributed by atoms with Crippen LogP contribution in [0.4, 0.5) is 5.69 Å². The fourth-order valence-electron chi connectivity index (χ4n) is 7.78. The Morgan fingerprint density at radius 1 is 1.00 bits per heavy atom. The second-order valence-electron chi connectivity index (χ2n) is 12.0. The number of nitrogens with zero attached hydrogens (tertiary/aromatic N) is 4. The molecule has 2 N–H and O–H groups in total. The lowest BCUT2D eigenvalue weighted by atomic mass is 9.78. The van der Waals surface area contributed by atoms with Gasteiger partial charge in [-0.25, -0.2) is 0 Å². The summed E-state index contributed by atoms with van der Waals surface area (Å²) < 4.78 is 0. The first-order valence-electron chi connectivity index (χ1n) is 15.4. The van der Waals surface area contributed by atoms with Crippen LogP contribution in [0.2, 0.25) is 0 Å². The molecule has 5 heterocycles. The van der Waals surface area contributed by atoms with E-state index in [0.717, 1.165) is 48.3 Å². The summed E-state index contributed by atoms with van der Waals surface area (Å²) in [7, 11) is 0. The SMILES string of the molecule is CCc1ccc(-c2cc(C(=O)N3CCCNC(=O)[C@@H]4C[C@@H]5CCCN5[C@@]45C(=O)N(CCC3)c3ccccc35)[nH]n2)cc1. The van der Waals surface area contributed by atoms with Crippen molar-refractivity contribution >= 4 is 23.4 Å². The fraction of sp³-hybridized carbons (Fsp3) is 0.455. The van der Waals surface area contributed by atoms with E-state index in [4.69, 9.17) is 0 Å². The second kappa shape index (κ2) is 10.7. The molecular weight excluding hydrogens is 528 g/mol. The van der Waals surface area contributed by atoms with Gasteiger partial charge in [-0.15, -0.1) is 0 Å². The maximum atomic E-state index is 14.5. The summed E-state index contributed by atoms with van der Waals surface area (Å²) in [5, 5.41) is 10.5. The predicted octanol–water partition coefficient (Wildman–Crippen LogP) is 3.72. The molecule has 2 aromatic carbocycles. The number of rotatable bonds is 3. The van der Waals surface area contributed by atoms with Crippen LogP contribution in [0.25, 0.3) is 11.3 Å². The van der Waals surface area contributed by atoms with Gasteiger partial charge in [0, 0.05) is 49.0 Å². The van der Waals surface area contributed by atoms with E-state index in [9.17, 15) is 14.4 Å². The van der Waals surface area contributed by atoms with Crippen molar-refractivity contribution in [1.29, 1.82) is 0 Å². The molecule has 0 aliphatic carbocycles. The van der Waals surface area contributed by atoms with Crippen LogP contribution < -0.4 is 10.2 Å². The summed E-state index contributed by atoms with van der Waals surface area (Å²) in [5.41, 5.74) is 4.30. The Morgan fingerprint density at radius 3 is 2.64 bits per heavy atom. The number of aryl methyl sites for hydroxylation is 1. The van der Waals surface area contributed by atoms with Gasteiger partial charge in [0.15, 0.2) is 0 Å². The molecule has 2 bridgehead atoms. The molecule has 7 rings (SSSR count). The van der Waals surface area contributed by atoms with Crippen molar-refractivity contribution in [2.75, 3.05) is 37.6 Å². The molecule has 3 atom stereocenters. The van der Waals surface area contributed by atoms with Crippen molar-refractivity contribution in [2.24, 2.45) is 5.92 Å². The third-order valence-corrected chi connectivity index (χ3v) is 9.80. The highest BCUT2D eigenvalue weighted by atomic mass is 16.2. The van der Waals surface area contributed by atoms with Gasteiger partial charge in [0.25, 0.3) is 11.8 Å². The third-order valence-electron chi connectivity index (χ3n) is 9.80. The van der Waals surface area contributed by atoms with Gasteiger partial charge in [0.2, 0.25) is 5.91 Å². The van der Waals surface area contributed by atoms with Crippen molar-refractivity contribution in [3.05, 3.63) is 71.4 Å². The number of aromatic amines is 1. The molecule has 3 amide bonds. The van der Waals surface area contributed by atoms with Crippen molar-refractivity contribution in [3.8, 4) is 11.3 Å². The zero-order chi connectivity index (χ0) is 28.8. The molecular formula is C33H38N6O3. The topological polar surface area (TPSA) is 102 Å². The molecule has 0 saturated carbocycles. The van der Waals surface area contributed by atoms with Crippen LogP contribution in [0.3, 0.4) is 0 Å². The first-order chi connectivity index (χ1) is 20.5. The zero-order valence-electron chi connectivity index (χ0n) is 24.1. The van der Waals surface area contributed by atoms with E-state index in [0.29, 0.717) is 51.1 Å². The van der Waals surface area contributed by atoms with E-state index in [-0.39, 0.29) is 23.8 Å². The Bertz CT molecular complexity index is 1520. The Balaban J connectivity index is 1.15. The molecule has 3 saturated heterocycles. The minimum atomic E-state index is -0.937. The molecule has 1 spiro atoms. The highest BCUT2D eigenvalue weighted by Crippen LogP contribution is 2.57. The summed E-state index contributed by atoms with van der Waals surface area (Å²) >= 11 is 0. The van der Waals surface area contributed by atoms with Crippen molar-refractivity contribution in [1.82, 2.24) is 25.3 Å². The Hall–Kier alpha value is -3.98. The normalized spacial score (nSPS) is 26.1. The summed E-state index contributed by atoms with van der Waals surface area (Å²) in [6.07, 6.45) is 5.02. The van der Waals surface area contributed by atoms with Gasteiger partial charge < -0.3 is 15.1 Å². The first-order valence-corrected chi connectivity index (χ1v) is 15.4. The fourth-order valence-corrected chi connectivity index (χ4v) is 7.78. The standard InChI is InChI=1S/C33H38N6O3/c1-2-22-11-13-23(14-12-22)27-21-28(36-35-27)31(41)37-16-6-15-34-30(40)26-20-24-8-5-19-39(24)33(26)25-9-3-4-10-29(25)38(32(33)42)18-7-17-37/h3-4,9-14,21,24,26H,2,5-8,15-20H2,1H3,(H,34,40)(H,35,36)/t24-,26-,33+/m0/s1. The number of aromatic nitrogens is 2. The highest BCUT2D eigenvalue weighted by Gasteiger charge is 2.67. The van der Waals surface area contributed by atoms with Crippen LogP contribution >= 0.6 is 0 Å². The molecule has 9 heteroatoms. The van der Waals surface area contributed by atoms with Crippen LogP contribution in [0.1, 0.15) is 60.6 Å². The lowest BCUT2D eigenvalue weighted by Crippen LogP contribution is -2.56. The van der Waals surface area contributed by atoms with Crippen LogP contribution in [0.5, 0.6) is 0 Å². The van der Waals surface area contributed by atoms with Crippen LogP contribution in [0.15, 0.2) is 54.6 Å². The van der Waals surface area contributed by atoms with Crippen LogP contribution in [-0.4, -0.2) is 76.5 Å². The largest absolute Gasteiger partial charge is 0.356 e. The smallest absolute Gasteiger partial charge is 0.271 e. The zero-order valence-corrected chi connectivity index (χ0v) is 24.1. The average molecular weight is 567 g/mol. The van der Waals surface area contributed by atoms with Gasteiger partial charge >= 0.3 is 0 Å². The monoisotopic (exact) mass is 566 g/mol. The van der Waals surface area contributed by atoms with E-state index in [1.165, 1.54) is 5.56 Å². The molecule has 0 unspecified atom stereocenters. The Labute approximate surface area is 246 Å². The van der Waals surface area contributed by atoms with Crippen LogP contribution in [0, 0.1) is 5.92 Å². The van der Waals surface area contributed by atoms with E-state index in [2.05, 4.69) is 39.5 Å². The molecule has 218 valence electrons. The van der Waals surface area contributed by atoms with Gasteiger partial charge in [0.05, 0.1) is 11.6 Å². The number of carbonyl (C=O) groups is 3. The quantitative estimate of drug-likeness (QED) is 0.503. The van der Waals surface area contributed by atoms with Gasteiger partial charge in [-0.05, 0) is 62.8 Å². The minimum Gasteiger partial charge on any atom is -0.356 e. The summed E-state index contributed by atoms with van der Waals surface area (Å²) in [6.45, 7) is 4.91. The van der Waals surface area contributed by atoms with Gasteiger partial charge in [-0.2, -0.15) is 5.10 Å². The summed E-state index contributed by atoms with van der Waals surface area (Å²) in [4.78, 5) is 48.0. The second-order valence-corrected chi connectivity index (χ2v) is 12.0. The van der Waals surface area contributed by atoms with Crippen LogP contribution in [-0.2, 0) is 21.5 Å².